The monoisotopic (exact) mass is 427 g/mol. The Morgan fingerprint density at radius 2 is 1.97 bits per heavy atom. The predicted molar refractivity (Wildman–Crippen MR) is 122 cm³/mol. The van der Waals surface area contributed by atoms with Crippen LogP contribution in [0, 0.1) is 11.3 Å². The number of methoxy groups -OCH3 is 1. The molecule has 0 unspecified atom stereocenters. The van der Waals surface area contributed by atoms with Gasteiger partial charge in [-0.05, 0) is 17.7 Å². The first kappa shape index (κ1) is 20.8. The van der Waals surface area contributed by atoms with Crippen molar-refractivity contribution in [3.05, 3.63) is 78.0 Å². The lowest BCUT2D eigenvalue weighted by atomic mass is 10.1. The smallest absolute Gasteiger partial charge is 0.320 e. The summed E-state index contributed by atoms with van der Waals surface area (Å²) >= 11 is 0. The Kier molecular flexibility index (Phi) is 6.25. The van der Waals surface area contributed by atoms with Crippen LogP contribution in [-0.4, -0.2) is 34.9 Å². The van der Waals surface area contributed by atoms with Crippen LogP contribution in [0.3, 0.4) is 0 Å². The number of aromatic nitrogens is 3. The van der Waals surface area contributed by atoms with Crippen LogP contribution in [0.2, 0.25) is 0 Å². The molecule has 0 spiro atoms. The number of nitriles is 1. The molecule has 9 nitrogen and oxygen atoms in total. The molecule has 4 N–H and O–H groups in total. The number of aromatic amines is 1. The topological polar surface area (TPSA) is 128 Å². The summed E-state index contributed by atoms with van der Waals surface area (Å²) < 4.78 is 5.24. The number of amides is 2. The van der Waals surface area contributed by atoms with Crippen molar-refractivity contribution in [2.75, 3.05) is 24.4 Å². The molecule has 32 heavy (non-hydrogen) atoms. The maximum Gasteiger partial charge on any atom is 0.320 e. The summed E-state index contributed by atoms with van der Waals surface area (Å²) in [4.78, 5) is 16.9. The summed E-state index contributed by atoms with van der Waals surface area (Å²) in [5.74, 6) is 0.905. The van der Waals surface area contributed by atoms with Gasteiger partial charge in [0, 0.05) is 19.4 Å². The van der Waals surface area contributed by atoms with Crippen LogP contribution in [0.25, 0.3) is 10.9 Å². The van der Waals surface area contributed by atoms with Gasteiger partial charge in [-0.25, -0.2) is 9.78 Å². The number of nitrogens with zero attached hydrogens (tertiary/aromatic N) is 3. The molecule has 4 rings (SSSR count). The molecule has 2 amide bonds. The number of nitrogens with one attached hydrogen (secondary N) is 4. The van der Waals surface area contributed by atoms with Gasteiger partial charge in [0.1, 0.15) is 11.9 Å². The number of H-pyrrole nitrogens is 1. The van der Waals surface area contributed by atoms with Gasteiger partial charge in [0.15, 0.2) is 5.82 Å². The van der Waals surface area contributed by atoms with E-state index in [2.05, 4.69) is 37.2 Å². The highest BCUT2D eigenvalue weighted by atomic mass is 16.5. The Balaban J connectivity index is 1.47. The minimum atomic E-state index is -0.399. The van der Waals surface area contributed by atoms with Gasteiger partial charge in [0.2, 0.25) is 0 Å². The SMILES string of the molecule is COC[C@@H](NC(=O)Nc1cc2[nH]nc(Nc3ccccc3C#N)c2cn1)c1ccccc1. The number of fused-ring (bicyclic) bond motifs is 1. The van der Waals surface area contributed by atoms with Crippen molar-refractivity contribution < 1.29 is 9.53 Å². The predicted octanol–water partition coefficient (Wildman–Crippen LogP) is 4.08. The Morgan fingerprint density at radius 3 is 2.75 bits per heavy atom. The number of hydrogen-bond acceptors (Lipinski definition) is 6. The van der Waals surface area contributed by atoms with Crippen LogP contribution < -0.4 is 16.0 Å². The summed E-state index contributed by atoms with van der Waals surface area (Å²) in [5.41, 5.74) is 2.78. The average molecular weight is 427 g/mol. The third-order valence-electron chi connectivity index (χ3n) is 4.83. The minimum Gasteiger partial charge on any atom is -0.382 e. The number of benzene rings is 2. The molecule has 4 aromatic rings. The molecule has 2 heterocycles. The number of ether oxygens (including phenoxy) is 1. The third kappa shape index (κ3) is 4.66. The Hall–Kier alpha value is -4.42. The lowest BCUT2D eigenvalue weighted by Crippen LogP contribution is -2.35. The molecule has 2 aromatic carbocycles. The number of anilines is 3. The van der Waals surface area contributed by atoms with E-state index >= 15 is 0 Å². The van der Waals surface area contributed by atoms with E-state index in [0.717, 1.165) is 10.9 Å². The summed E-state index contributed by atoms with van der Waals surface area (Å²) in [5, 5.41) is 26.0. The van der Waals surface area contributed by atoms with Crippen LogP contribution in [0.5, 0.6) is 0 Å². The lowest BCUT2D eigenvalue weighted by molar-refractivity contribution is 0.168. The Labute approximate surface area is 184 Å². The quantitative estimate of drug-likeness (QED) is 0.352. The number of carbonyl (C=O) groups excluding carboxylic acids is 1. The molecule has 0 aliphatic rings. The zero-order valence-corrected chi connectivity index (χ0v) is 17.3. The molecular weight excluding hydrogens is 406 g/mol. The van der Waals surface area contributed by atoms with E-state index in [-0.39, 0.29) is 6.04 Å². The fourth-order valence-corrected chi connectivity index (χ4v) is 3.28. The molecule has 0 saturated heterocycles. The summed E-state index contributed by atoms with van der Waals surface area (Å²) in [6.45, 7) is 0.337. The number of hydrogen-bond donors (Lipinski definition) is 4. The lowest BCUT2D eigenvalue weighted by Gasteiger charge is -2.18. The van der Waals surface area contributed by atoms with Gasteiger partial charge >= 0.3 is 6.03 Å². The molecule has 0 aliphatic carbocycles. The molecular formula is C23H21N7O2. The first-order valence-corrected chi connectivity index (χ1v) is 9.89. The van der Waals surface area contributed by atoms with Crippen molar-refractivity contribution in [2.24, 2.45) is 0 Å². The zero-order valence-electron chi connectivity index (χ0n) is 17.3. The number of carbonyl (C=O) groups is 1. The maximum absolute atomic E-state index is 12.5. The van der Waals surface area contributed by atoms with Crippen molar-refractivity contribution in [2.45, 2.75) is 6.04 Å². The van der Waals surface area contributed by atoms with Crippen molar-refractivity contribution in [3.63, 3.8) is 0 Å². The highest BCUT2D eigenvalue weighted by Gasteiger charge is 2.15. The van der Waals surface area contributed by atoms with E-state index in [4.69, 9.17) is 4.74 Å². The van der Waals surface area contributed by atoms with Gasteiger partial charge in [-0.2, -0.15) is 10.4 Å². The van der Waals surface area contributed by atoms with Crippen molar-refractivity contribution in [1.82, 2.24) is 20.5 Å². The van der Waals surface area contributed by atoms with Crippen LogP contribution in [-0.2, 0) is 4.74 Å². The van der Waals surface area contributed by atoms with E-state index in [1.165, 1.54) is 0 Å². The van der Waals surface area contributed by atoms with E-state index in [9.17, 15) is 10.1 Å². The highest BCUT2D eigenvalue weighted by molar-refractivity contribution is 5.95. The van der Waals surface area contributed by atoms with Gasteiger partial charge in [-0.1, -0.05) is 42.5 Å². The molecule has 0 aliphatic heterocycles. The second-order valence-corrected chi connectivity index (χ2v) is 6.99. The fourth-order valence-electron chi connectivity index (χ4n) is 3.28. The molecule has 0 fully saturated rings. The van der Waals surface area contributed by atoms with E-state index in [0.29, 0.717) is 35.0 Å². The largest absolute Gasteiger partial charge is 0.382 e. The zero-order chi connectivity index (χ0) is 22.3. The second-order valence-electron chi connectivity index (χ2n) is 6.99. The van der Waals surface area contributed by atoms with E-state index in [1.54, 1.807) is 37.6 Å². The molecule has 9 heteroatoms. The fraction of sp³-hybridized carbons (Fsp3) is 0.130. The normalized spacial score (nSPS) is 11.5. The first-order chi connectivity index (χ1) is 15.7. The summed E-state index contributed by atoms with van der Waals surface area (Å²) in [7, 11) is 1.59. The second kappa shape index (κ2) is 9.59. The van der Waals surface area contributed by atoms with Crippen LogP contribution in [0.15, 0.2) is 66.9 Å². The van der Waals surface area contributed by atoms with Gasteiger partial charge in [-0.15, -0.1) is 0 Å². The van der Waals surface area contributed by atoms with Gasteiger partial charge in [-0.3, -0.25) is 10.4 Å². The molecule has 1 atom stereocenters. The van der Waals surface area contributed by atoms with Crippen LogP contribution in [0.4, 0.5) is 22.1 Å². The molecule has 0 bridgehead atoms. The van der Waals surface area contributed by atoms with Crippen molar-refractivity contribution in [3.8, 4) is 6.07 Å². The Bertz CT molecular complexity index is 1260. The molecule has 0 radical (unpaired) electrons. The number of pyridine rings is 1. The summed E-state index contributed by atoms with van der Waals surface area (Å²) in [6.07, 6.45) is 1.61. The van der Waals surface area contributed by atoms with E-state index < -0.39 is 6.03 Å². The molecule has 0 saturated carbocycles. The van der Waals surface area contributed by atoms with Gasteiger partial charge in [0.05, 0.1) is 34.8 Å². The number of urea groups is 1. The summed E-state index contributed by atoms with van der Waals surface area (Å²) in [6, 6.07) is 19.9. The number of rotatable bonds is 7. The van der Waals surface area contributed by atoms with Crippen LogP contribution >= 0.6 is 0 Å². The van der Waals surface area contributed by atoms with Gasteiger partial charge < -0.3 is 15.4 Å². The van der Waals surface area contributed by atoms with E-state index in [1.807, 2.05) is 36.4 Å². The third-order valence-corrected chi connectivity index (χ3v) is 4.83. The van der Waals surface area contributed by atoms with Gasteiger partial charge in [0.25, 0.3) is 0 Å². The number of para-hydroxylation sites is 1. The molecule has 160 valence electrons. The van der Waals surface area contributed by atoms with Crippen LogP contribution in [0.1, 0.15) is 17.2 Å². The molecule has 2 aromatic heterocycles. The maximum atomic E-state index is 12.5. The first-order valence-electron chi connectivity index (χ1n) is 9.89. The standard InChI is InChI=1S/C23H21N7O2/c1-32-14-20(15-7-3-2-4-8-15)27-23(31)28-21-11-19-17(13-25-21)22(30-29-19)26-18-10-6-5-9-16(18)12-24/h2-11,13,20H,14H2,1H3,(H2,26,29,30)(H2,25,27,28,31)/t20-/m1/s1. The Morgan fingerprint density at radius 1 is 1.19 bits per heavy atom. The van der Waals surface area contributed by atoms with Crippen molar-refractivity contribution >= 4 is 34.3 Å². The van der Waals surface area contributed by atoms with Crippen molar-refractivity contribution in [1.29, 1.82) is 5.26 Å². The highest BCUT2D eigenvalue weighted by Crippen LogP contribution is 2.26. The average Bonchev–Trinajstić information content (AvgIpc) is 3.21. The minimum absolute atomic E-state index is 0.298.